The van der Waals surface area contributed by atoms with E-state index in [1.165, 1.54) is 12.3 Å². The minimum Gasteiger partial charge on any atom is -0.477 e. The topological polar surface area (TPSA) is 87.6 Å². The molecule has 3 heterocycles. The van der Waals surface area contributed by atoms with Crippen molar-refractivity contribution >= 4 is 20.1 Å². The maximum atomic E-state index is 11.3. The zero-order chi connectivity index (χ0) is 13.4. The summed E-state index contributed by atoms with van der Waals surface area (Å²) < 4.78 is 14.3. The Morgan fingerprint density at radius 2 is 2.05 bits per heavy atom. The first-order valence-electron chi connectivity index (χ1n) is 6.07. The normalized spacial score (nSPS) is 16.9. The lowest BCUT2D eigenvalue weighted by Crippen LogP contribution is -2.39. The summed E-state index contributed by atoms with van der Waals surface area (Å²) in [4.78, 5) is 22.2. The second kappa shape index (κ2) is 4.84. The summed E-state index contributed by atoms with van der Waals surface area (Å²) in [6.45, 7) is 2.70. The van der Waals surface area contributed by atoms with Gasteiger partial charge in [0.2, 0.25) is 0 Å². The maximum absolute atomic E-state index is 11.3. The van der Waals surface area contributed by atoms with Gasteiger partial charge in [0.1, 0.15) is 5.56 Å². The lowest BCUT2D eigenvalue weighted by Gasteiger charge is -2.16. The van der Waals surface area contributed by atoms with Crippen molar-refractivity contribution in [3.05, 3.63) is 34.2 Å². The van der Waals surface area contributed by atoms with Crippen molar-refractivity contribution in [1.29, 1.82) is 0 Å². The highest BCUT2D eigenvalue weighted by Gasteiger charge is 2.48. The van der Waals surface area contributed by atoms with Crippen LogP contribution in [0.3, 0.4) is 0 Å². The molecule has 1 aromatic heterocycles. The van der Waals surface area contributed by atoms with Gasteiger partial charge in [0.25, 0.3) is 0 Å². The van der Waals surface area contributed by atoms with E-state index in [-0.39, 0.29) is 19.7 Å². The third kappa shape index (κ3) is 2.89. The van der Waals surface area contributed by atoms with Crippen LogP contribution >= 0.6 is 0 Å². The molecule has 1 aromatic rings. The first kappa shape index (κ1) is 12.5. The van der Waals surface area contributed by atoms with Crippen molar-refractivity contribution in [3.8, 4) is 0 Å². The smallest absolute Gasteiger partial charge is 0.398 e. The Hall–Kier alpha value is -1.57. The van der Waals surface area contributed by atoms with E-state index in [4.69, 9.17) is 14.4 Å². The summed E-state index contributed by atoms with van der Waals surface area (Å²) in [5, 5.41) is 8.90. The minimum absolute atomic E-state index is 0.117. The van der Waals surface area contributed by atoms with Crippen LogP contribution in [0.25, 0.3) is 0 Å². The third-order valence-electron chi connectivity index (χ3n) is 3.20. The molecule has 2 aliphatic rings. The van der Waals surface area contributed by atoms with Crippen molar-refractivity contribution in [2.24, 2.45) is 0 Å². The van der Waals surface area contributed by atoms with E-state index >= 15 is 0 Å². The van der Waals surface area contributed by atoms with Crippen LogP contribution in [0.1, 0.15) is 10.4 Å². The van der Waals surface area contributed by atoms with Crippen molar-refractivity contribution in [1.82, 2.24) is 9.29 Å². The zero-order valence-corrected chi connectivity index (χ0v) is 10.2. The van der Waals surface area contributed by atoms with Crippen LogP contribution in [0.5, 0.6) is 0 Å². The van der Waals surface area contributed by atoms with Gasteiger partial charge in [-0.25, -0.2) is 4.79 Å². The van der Waals surface area contributed by atoms with Crippen LogP contribution < -0.4 is 5.43 Å². The molecule has 2 aliphatic heterocycles. The SMILES string of the molecule is O=C(O)c1cn(CCN(B2CO2)B2CO2)ccc1=O. The molecule has 0 bridgehead atoms. The third-order valence-corrected chi connectivity index (χ3v) is 3.20. The summed E-state index contributed by atoms with van der Waals surface area (Å²) >= 11 is 0. The molecule has 7 nitrogen and oxygen atoms in total. The number of rotatable bonds is 6. The van der Waals surface area contributed by atoms with Crippen LogP contribution in [-0.4, -0.2) is 54.0 Å². The van der Waals surface area contributed by atoms with Gasteiger partial charge in [-0.15, -0.1) is 0 Å². The van der Waals surface area contributed by atoms with Crippen LogP contribution in [0.4, 0.5) is 0 Å². The Balaban J connectivity index is 1.67. The fourth-order valence-electron chi connectivity index (χ4n) is 2.00. The molecule has 19 heavy (non-hydrogen) atoms. The molecular weight excluding hydrogens is 250 g/mol. The highest BCUT2D eigenvalue weighted by Crippen LogP contribution is 2.19. The van der Waals surface area contributed by atoms with Crippen molar-refractivity contribution in [2.75, 3.05) is 19.6 Å². The molecule has 0 aliphatic carbocycles. The number of carbonyl (C=O) groups is 1. The molecule has 3 rings (SSSR count). The van der Waals surface area contributed by atoms with Gasteiger partial charge in [-0.3, -0.25) is 4.79 Å². The molecule has 0 unspecified atom stereocenters. The Bertz CT molecular complexity index is 543. The molecule has 0 saturated carbocycles. The van der Waals surface area contributed by atoms with Crippen molar-refractivity contribution in [2.45, 2.75) is 6.54 Å². The van der Waals surface area contributed by atoms with Gasteiger partial charge in [0.15, 0.2) is 5.43 Å². The first-order chi connectivity index (χ1) is 9.15. The van der Waals surface area contributed by atoms with E-state index in [0.717, 1.165) is 0 Å². The van der Waals surface area contributed by atoms with Gasteiger partial charge in [-0.2, -0.15) is 0 Å². The number of hydrogen-bond donors (Lipinski definition) is 1. The van der Waals surface area contributed by atoms with E-state index in [9.17, 15) is 9.59 Å². The highest BCUT2D eigenvalue weighted by atomic mass is 16.5. The molecule has 2 fully saturated rings. The standard InChI is InChI=1S/C10H12B2N2O5/c15-9-1-2-13(5-8(9)10(16)17)3-4-14(11-6-18-11)12-7-19-12/h1-2,5H,3-4,6-7H2,(H,16,17). The fourth-order valence-corrected chi connectivity index (χ4v) is 2.00. The Morgan fingerprint density at radius 3 is 2.58 bits per heavy atom. The average molecular weight is 262 g/mol. The first-order valence-corrected chi connectivity index (χ1v) is 6.07. The number of nitrogens with zero attached hydrogens (tertiary/aromatic N) is 2. The molecule has 0 amide bonds. The predicted molar refractivity (Wildman–Crippen MR) is 67.8 cm³/mol. The van der Waals surface area contributed by atoms with Crippen LogP contribution in [0.2, 0.25) is 0 Å². The van der Waals surface area contributed by atoms with Gasteiger partial charge in [-0.05, 0) is 6.54 Å². The molecular formula is C10H12B2N2O5. The lowest BCUT2D eigenvalue weighted by molar-refractivity contribution is 0.0694. The highest BCUT2D eigenvalue weighted by molar-refractivity contribution is 6.73. The van der Waals surface area contributed by atoms with Gasteiger partial charge in [0.05, 0.1) is 13.0 Å². The quantitative estimate of drug-likeness (QED) is 0.520. The van der Waals surface area contributed by atoms with Gasteiger partial charge in [-0.1, -0.05) is 0 Å². The second-order valence-electron chi connectivity index (χ2n) is 4.58. The van der Waals surface area contributed by atoms with Crippen LogP contribution in [0, 0.1) is 0 Å². The number of carboxylic acids is 1. The zero-order valence-electron chi connectivity index (χ0n) is 10.2. The lowest BCUT2D eigenvalue weighted by atomic mass is 9.77. The monoisotopic (exact) mass is 262 g/mol. The summed E-state index contributed by atoms with van der Waals surface area (Å²) in [6.07, 6.45) is 2.96. The molecule has 98 valence electrons. The molecule has 0 spiro atoms. The minimum atomic E-state index is -1.20. The van der Waals surface area contributed by atoms with E-state index in [2.05, 4.69) is 4.72 Å². The van der Waals surface area contributed by atoms with Crippen LogP contribution in [-0.2, 0) is 15.9 Å². The number of aromatic nitrogens is 1. The Morgan fingerprint density at radius 1 is 1.42 bits per heavy atom. The van der Waals surface area contributed by atoms with Crippen molar-refractivity contribution < 1.29 is 19.2 Å². The average Bonchev–Trinajstić information content (AvgIpc) is 3.25. The second-order valence-corrected chi connectivity index (χ2v) is 4.58. The van der Waals surface area contributed by atoms with Crippen molar-refractivity contribution in [3.63, 3.8) is 0 Å². The van der Waals surface area contributed by atoms with Gasteiger partial charge < -0.3 is 23.7 Å². The van der Waals surface area contributed by atoms with Gasteiger partial charge in [0, 0.05) is 25.0 Å². The largest absolute Gasteiger partial charge is 0.477 e. The van der Waals surface area contributed by atoms with Gasteiger partial charge >= 0.3 is 20.1 Å². The maximum Gasteiger partial charge on any atom is 0.398 e. The summed E-state index contributed by atoms with van der Waals surface area (Å²) in [6, 6.07) is 1.27. The summed E-state index contributed by atoms with van der Waals surface area (Å²) in [5.41, 5.74) is -0.684. The number of pyridine rings is 1. The number of hydrogen-bond acceptors (Lipinski definition) is 5. The summed E-state index contributed by atoms with van der Waals surface area (Å²) in [5.74, 6) is -1.20. The predicted octanol–water partition coefficient (Wildman–Crippen LogP) is -1.04. The number of aromatic carboxylic acids is 1. The van der Waals surface area contributed by atoms with Crippen LogP contribution in [0.15, 0.2) is 23.3 Å². The van der Waals surface area contributed by atoms with E-state index < -0.39 is 11.4 Å². The Labute approximate surface area is 110 Å². The molecule has 0 aromatic carbocycles. The molecule has 1 N–H and O–H groups in total. The van der Waals surface area contributed by atoms with E-state index in [1.807, 2.05) is 0 Å². The van der Waals surface area contributed by atoms with E-state index in [1.54, 1.807) is 10.8 Å². The van der Waals surface area contributed by atoms with E-state index in [0.29, 0.717) is 26.1 Å². The number of carboxylic acid groups (broad SMARTS) is 1. The molecule has 0 atom stereocenters. The fraction of sp³-hybridized carbons (Fsp3) is 0.400. The molecule has 9 heteroatoms. The molecule has 0 radical (unpaired) electrons. The Kier molecular flexibility index (Phi) is 3.17. The summed E-state index contributed by atoms with van der Waals surface area (Å²) in [7, 11) is 0.233. The molecule has 2 saturated heterocycles.